The zero-order chi connectivity index (χ0) is 25.2. The molecule has 2 heterocycles. The average Bonchev–Trinajstić information content (AvgIpc) is 3.46. The molecule has 3 aromatic carbocycles. The first-order valence-corrected chi connectivity index (χ1v) is 13.7. The molecule has 0 aliphatic carbocycles. The minimum atomic E-state index is -0.304. The molecule has 36 heavy (non-hydrogen) atoms. The molecule has 0 spiro atoms. The van der Waals surface area contributed by atoms with Crippen molar-refractivity contribution < 1.29 is 4.79 Å². The normalized spacial score (nSPS) is 12.1. The monoisotopic (exact) mass is 512 g/mol. The Morgan fingerprint density at radius 2 is 1.56 bits per heavy atom. The van der Waals surface area contributed by atoms with Crippen molar-refractivity contribution in [3.8, 4) is 22.5 Å². The summed E-state index contributed by atoms with van der Waals surface area (Å²) < 4.78 is 1.07. The van der Waals surface area contributed by atoms with Crippen LogP contribution in [0.1, 0.15) is 30.0 Å². The molecule has 2 N–H and O–H groups in total. The summed E-state index contributed by atoms with van der Waals surface area (Å²) in [7, 11) is 0. The number of amides is 1. The first kappa shape index (κ1) is 24.3. The third-order valence-electron chi connectivity index (χ3n) is 6.04. The number of hydrogen-bond acceptors (Lipinski definition) is 5. The first-order valence-electron chi connectivity index (χ1n) is 12.0. The van der Waals surface area contributed by atoms with Gasteiger partial charge in [0.25, 0.3) is 0 Å². The Morgan fingerprint density at radius 1 is 0.917 bits per heavy atom. The fraction of sp³-hybridized carbons (Fsp3) is 0.207. The number of H-pyrrole nitrogens is 1. The van der Waals surface area contributed by atoms with Crippen molar-refractivity contribution in [2.24, 2.45) is 0 Å². The summed E-state index contributed by atoms with van der Waals surface area (Å²) >= 11 is 2.96. The van der Waals surface area contributed by atoms with Crippen LogP contribution in [-0.2, 0) is 4.79 Å². The van der Waals surface area contributed by atoms with Crippen LogP contribution in [0.3, 0.4) is 0 Å². The number of nitrogens with one attached hydrogen (secondary N) is 2. The molecule has 5 nitrogen and oxygen atoms in total. The van der Waals surface area contributed by atoms with E-state index < -0.39 is 0 Å². The fourth-order valence-corrected chi connectivity index (χ4v) is 5.86. The molecule has 0 fully saturated rings. The van der Waals surface area contributed by atoms with Crippen LogP contribution in [0.2, 0.25) is 0 Å². The molecule has 0 saturated heterocycles. The predicted octanol–water partition coefficient (Wildman–Crippen LogP) is 7.79. The molecule has 1 amide bonds. The predicted molar refractivity (Wildman–Crippen MR) is 152 cm³/mol. The summed E-state index contributed by atoms with van der Waals surface area (Å²) in [4.78, 5) is 26.2. The molecule has 0 aliphatic rings. The van der Waals surface area contributed by atoms with Crippen molar-refractivity contribution in [1.29, 1.82) is 0 Å². The van der Waals surface area contributed by atoms with E-state index in [9.17, 15) is 4.79 Å². The van der Waals surface area contributed by atoms with Crippen molar-refractivity contribution in [1.82, 2.24) is 15.0 Å². The number of imidazole rings is 1. The Kier molecular flexibility index (Phi) is 6.94. The zero-order valence-corrected chi connectivity index (χ0v) is 22.4. The second-order valence-corrected chi connectivity index (χ2v) is 11.2. The average molecular weight is 513 g/mol. The van der Waals surface area contributed by atoms with E-state index in [2.05, 4.69) is 90.7 Å². The minimum absolute atomic E-state index is 0.0663. The van der Waals surface area contributed by atoms with Gasteiger partial charge in [-0.3, -0.25) is 4.79 Å². The Bertz CT molecular complexity index is 1450. The van der Waals surface area contributed by atoms with Gasteiger partial charge in [-0.15, -0.1) is 0 Å². The number of thioether (sulfide) groups is 1. The number of nitrogens with zero attached hydrogens (tertiary/aromatic N) is 2. The molecule has 182 valence electrons. The van der Waals surface area contributed by atoms with Gasteiger partial charge in [0.05, 0.1) is 26.9 Å². The number of fused-ring (bicyclic) bond motifs is 1. The number of rotatable bonds is 7. The van der Waals surface area contributed by atoms with Gasteiger partial charge in [-0.1, -0.05) is 95.7 Å². The van der Waals surface area contributed by atoms with Crippen LogP contribution < -0.4 is 5.32 Å². The number of carbonyl (C=O) groups excluding carboxylic acids is 1. The third kappa shape index (κ3) is 5.22. The van der Waals surface area contributed by atoms with Crippen LogP contribution in [0.5, 0.6) is 0 Å². The molecule has 1 atom stereocenters. The second-order valence-electron chi connectivity index (χ2n) is 8.99. The van der Waals surface area contributed by atoms with Gasteiger partial charge in [-0.2, -0.15) is 0 Å². The van der Waals surface area contributed by atoms with E-state index in [0.717, 1.165) is 37.9 Å². The largest absolute Gasteiger partial charge is 0.332 e. The van der Waals surface area contributed by atoms with E-state index in [1.165, 1.54) is 39.8 Å². The van der Waals surface area contributed by atoms with Crippen LogP contribution in [-0.4, -0.2) is 26.1 Å². The molecule has 0 aliphatic heterocycles. The van der Waals surface area contributed by atoms with Crippen LogP contribution in [0.15, 0.2) is 71.9 Å². The highest BCUT2D eigenvalue weighted by Gasteiger charge is 2.23. The highest BCUT2D eigenvalue weighted by atomic mass is 32.2. The van der Waals surface area contributed by atoms with Gasteiger partial charge in [0, 0.05) is 11.1 Å². The third-order valence-corrected chi connectivity index (χ3v) is 8.22. The second kappa shape index (κ2) is 10.3. The summed E-state index contributed by atoms with van der Waals surface area (Å²) in [6.45, 7) is 8.23. The van der Waals surface area contributed by atoms with E-state index in [-0.39, 0.29) is 11.2 Å². The van der Waals surface area contributed by atoms with E-state index in [1.807, 2.05) is 19.1 Å². The number of thiazole rings is 1. The number of hydrogen-bond donors (Lipinski definition) is 2. The smallest absolute Gasteiger partial charge is 0.239 e. The molecule has 0 radical (unpaired) electrons. The van der Waals surface area contributed by atoms with Crippen molar-refractivity contribution >= 4 is 44.4 Å². The molecule has 0 bridgehead atoms. The maximum atomic E-state index is 13.2. The highest BCUT2D eigenvalue weighted by Crippen LogP contribution is 2.35. The Balaban J connectivity index is 1.42. The molecular weight excluding hydrogens is 484 g/mol. The van der Waals surface area contributed by atoms with Gasteiger partial charge in [0.1, 0.15) is 0 Å². The molecule has 5 aromatic rings. The lowest BCUT2D eigenvalue weighted by atomic mass is 10.0. The number of anilines is 1. The Morgan fingerprint density at radius 3 is 2.22 bits per heavy atom. The summed E-state index contributed by atoms with van der Waals surface area (Å²) in [5, 5.41) is 4.07. The lowest BCUT2D eigenvalue weighted by Crippen LogP contribution is -2.24. The standard InChI is InChI=1S/C29H28N4OS2/c1-5-23(27(34)33-28-30-22-15-10-19(4)16-24(22)36-28)35-29-31-25(20-11-6-17(2)7-12-20)26(32-29)21-13-8-18(3)9-14-21/h6-16,23H,5H2,1-4H3,(H,31,32)(H,30,33,34). The van der Waals surface area contributed by atoms with Crippen molar-refractivity contribution in [2.45, 2.75) is 44.5 Å². The van der Waals surface area contributed by atoms with E-state index >= 15 is 0 Å². The van der Waals surface area contributed by atoms with Gasteiger partial charge in [0.2, 0.25) is 5.91 Å². The van der Waals surface area contributed by atoms with Gasteiger partial charge < -0.3 is 10.3 Å². The van der Waals surface area contributed by atoms with Gasteiger partial charge in [-0.25, -0.2) is 9.97 Å². The number of aryl methyl sites for hydroxylation is 3. The Hall–Kier alpha value is -3.42. The fourth-order valence-electron chi connectivity index (χ4n) is 3.98. The van der Waals surface area contributed by atoms with E-state index in [0.29, 0.717) is 11.6 Å². The molecule has 7 heteroatoms. The minimum Gasteiger partial charge on any atom is -0.332 e. The molecule has 5 rings (SSSR count). The number of aromatic amines is 1. The lowest BCUT2D eigenvalue weighted by Gasteiger charge is -2.11. The first-order chi connectivity index (χ1) is 17.4. The number of aromatic nitrogens is 3. The van der Waals surface area contributed by atoms with Crippen LogP contribution >= 0.6 is 23.1 Å². The van der Waals surface area contributed by atoms with Crippen LogP contribution in [0.25, 0.3) is 32.7 Å². The van der Waals surface area contributed by atoms with Crippen molar-refractivity contribution in [3.63, 3.8) is 0 Å². The summed E-state index contributed by atoms with van der Waals surface area (Å²) in [5.74, 6) is -0.0663. The molecule has 2 aromatic heterocycles. The van der Waals surface area contributed by atoms with Crippen LogP contribution in [0.4, 0.5) is 5.13 Å². The van der Waals surface area contributed by atoms with Gasteiger partial charge >= 0.3 is 0 Å². The van der Waals surface area contributed by atoms with E-state index in [4.69, 9.17) is 4.98 Å². The summed E-state index contributed by atoms with van der Waals surface area (Å²) in [5.41, 5.74) is 8.44. The topological polar surface area (TPSA) is 70.7 Å². The van der Waals surface area contributed by atoms with Crippen molar-refractivity contribution in [2.75, 3.05) is 5.32 Å². The van der Waals surface area contributed by atoms with Gasteiger partial charge in [0.15, 0.2) is 10.3 Å². The van der Waals surface area contributed by atoms with Gasteiger partial charge in [-0.05, 0) is 44.9 Å². The molecular formula is C29H28N4OS2. The zero-order valence-electron chi connectivity index (χ0n) is 20.8. The lowest BCUT2D eigenvalue weighted by molar-refractivity contribution is -0.115. The maximum Gasteiger partial charge on any atom is 0.239 e. The van der Waals surface area contributed by atoms with Crippen LogP contribution in [0, 0.1) is 20.8 Å². The highest BCUT2D eigenvalue weighted by molar-refractivity contribution is 8.00. The number of carbonyl (C=O) groups is 1. The number of benzene rings is 3. The Labute approximate surface area is 219 Å². The van der Waals surface area contributed by atoms with Crippen molar-refractivity contribution in [3.05, 3.63) is 83.4 Å². The molecule has 0 saturated carbocycles. The summed E-state index contributed by atoms with van der Waals surface area (Å²) in [6.07, 6.45) is 0.668. The quantitative estimate of drug-likeness (QED) is 0.218. The summed E-state index contributed by atoms with van der Waals surface area (Å²) in [6, 6.07) is 22.9. The van der Waals surface area contributed by atoms with E-state index in [1.54, 1.807) is 0 Å². The maximum absolute atomic E-state index is 13.2. The SMILES string of the molecule is CCC(Sc1nc(-c2ccc(C)cc2)c(-c2ccc(C)cc2)[nH]1)C(=O)Nc1nc2ccc(C)cc2s1. The molecule has 1 unspecified atom stereocenters.